The molecule has 3 fully saturated rings. The maximum absolute atomic E-state index is 12.2. The van der Waals surface area contributed by atoms with Gasteiger partial charge in [-0.2, -0.15) is 0 Å². The minimum atomic E-state index is -0.0327. The number of rotatable bonds is 0. The molecule has 0 aromatic carbocycles. The second-order valence-electron chi connectivity index (χ2n) is 6.66. The zero-order valence-corrected chi connectivity index (χ0v) is 11.3. The molecule has 1 saturated heterocycles. The first kappa shape index (κ1) is 11.7. The SMILES string of the molecule is O=C1NC(=O)C2C3CCCCC3=C3CCCCC3C12. The highest BCUT2D eigenvalue weighted by Gasteiger charge is 2.54. The number of fused-ring (bicyclic) bond motifs is 5. The van der Waals surface area contributed by atoms with Crippen molar-refractivity contribution in [1.29, 1.82) is 0 Å². The lowest BCUT2D eigenvalue weighted by atomic mass is 9.58. The van der Waals surface area contributed by atoms with E-state index >= 15 is 0 Å². The second kappa shape index (κ2) is 4.19. The van der Waals surface area contributed by atoms with Crippen LogP contribution in [0.4, 0.5) is 0 Å². The summed E-state index contributed by atoms with van der Waals surface area (Å²) in [6, 6.07) is 0. The molecule has 19 heavy (non-hydrogen) atoms. The predicted octanol–water partition coefficient (Wildman–Crippen LogP) is 2.57. The van der Waals surface area contributed by atoms with Crippen LogP contribution in [0.25, 0.3) is 0 Å². The number of allylic oxidation sites excluding steroid dienone is 2. The van der Waals surface area contributed by atoms with E-state index in [0.29, 0.717) is 11.8 Å². The van der Waals surface area contributed by atoms with E-state index < -0.39 is 0 Å². The van der Waals surface area contributed by atoms with E-state index in [-0.39, 0.29) is 23.7 Å². The molecule has 0 bridgehead atoms. The Morgan fingerprint density at radius 1 is 0.737 bits per heavy atom. The quantitative estimate of drug-likeness (QED) is 0.537. The van der Waals surface area contributed by atoms with Gasteiger partial charge in [-0.1, -0.05) is 24.0 Å². The highest BCUT2D eigenvalue weighted by atomic mass is 16.2. The topological polar surface area (TPSA) is 46.2 Å². The van der Waals surface area contributed by atoms with Gasteiger partial charge in [0.2, 0.25) is 11.8 Å². The number of amides is 2. The summed E-state index contributed by atoms with van der Waals surface area (Å²) >= 11 is 0. The number of carbonyl (C=O) groups is 2. The van der Waals surface area contributed by atoms with Crippen LogP contribution in [-0.2, 0) is 9.59 Å². The lowest BCUT2D eigenvalue weighted by molar-refractivity contribution is -0.126. The molecule has 4 rings (SSSR count). The molecule has 3 heteroatoms. The van der Waals surface area contributed by atoms with Gasteiger partial charge in [-0.25, -0.2) is 0 Å². The third-order valence-electron chi connectivity index (χ3n) is 5.84. The first-order chi connectivity index (χ1) is 9.27. The summed E-state index contributed by atoms with van der Waals surface area (Å²) in [5.41, 5.74) is 3.17. The van der Waals surface area contributed by atoms with Crippen LogP contribution in [0.2, 0.25) is 0 Å². The molecule has 1 heterocycles. The minimum Gasteiger partial charge on any atom is -0.296 e. The standard InChI is InChI=1S/C16H21NO2/c18-15-13-11-7-3-1-5-9(11)10-6-2-4-8-12(10)14(13)16(19)17-15/h11-14H,1-8H2,(H,17,18,19). The average molecular weight is 259 g/mol. The molecule has 0 aromatic heterocycles. The predicted molar refractivity (Wildman–Crippen MR) is 71.1 cm³/mol. The molecule has 1 N–H and O–H groups in total. The maximum Gasteiger partial charge on any atom is 0.231 e. The first-order valence-electron chi connectivity index (χ1n) is 7.84. The van der Waals surface area contributed by atoms with E-state index in [1.54, 1.807) is 11.1 Å². The highest BCUT2D eigenvalue weighted by Crippen LogP contribution is 2.54. The highest BCUT2D eigenvalue weighted by molar-refractivity contribution is 6.06. The van der Waals surface area contributed by atoms with Crippen molar-refractivity contribution in [1.82, 2.24) is 5.32 Å². The van der Waals surface area contributed by atoms with Crippen LogP contribution in [0.3, 0.4) is 0 Å². The van der Waals surface area contributed by atoms with E-state index in [0.717, 1.165) is 12.8 Å². The number of carbonyl (C=O) groups excluding carboxylic acids is 2. The summed E-state index contributed by atoms with van der Waals surface area (Å²) in [6.45, 7) is 0. The Morgan fingerprint density at radius 2 is 1.21 bits per heavy atom. The van der Waals surface area contributed by atoms with Gasteiger partial charge in [0.05, 0.1) is 11.8 Å². The molecule has 2 amide bonds. The van der Waals surface area contributed by atoms with Crippen LogP contribution < -0.4 is 5.32 Å². The molecule has 4 unspecified atom stereocenters. The summed E-state index contributed by atoms with van der Waals surface area (Å²) in [6.07, 6.45) is 9.58. The molecule has 2 saturated carbocycles. The molecule has 102 valence electrons. The van der Waals surface area contributed by atoms with Crippen LogP contribution in [0.5, 0.6) is 0 Å². The zero-order chi connectivity index (χ0) is 13.0. The Bertz CT molecular complexity index is 437. The van der Waals surface area contributed by atoms with Gasteiger partial charge < -0.3 is 0 Å². The fourth-order valence-electron chi connectivity index (χ4n) is 5.15. The smallest absolute Gasteiger partial charge is 0.231 e. The van der Waals surface area contributed by atoms with Gasteiger partial charge >= 0.3 is 0 Å². The third kappa shape index (κ3) is 1.56. The molecule has 0 spiro atoms. The molecule has 3 nitrogen and oxygen atoms in total. The Balaban J connectivity index is 1.83. The van der Waals surface area contributed by atoms with E-state index in [1.807, 2.05) is 0 Å². The van der Waals surface area contributed by atoms with Crippen LogP contribution in [-0.4, -0.2) is 11.8 Å². The molecule has 3 aliphatic carbocycles. The van der Waals surface area contributed by atoms with Gasteiger partial charge in [0.15, 0.2) is 0 Å². The molecule has 4 aliphatic rings. The molecule has 0 aromatic rings. The van der Waals surface area contributed by atoms with Crippen molar-refractivity contribution in [3.63, 3.8) is 0 Å². The van der Waals surface area contributed by atoms with Gasteiger partial charge in [-0.15, -0.1) is 0 Å². The summed E-state index contributed by atoms with van der Waals surface area (Å²) < 4.78 is 0. The van der Waals surface area contributed by atoms with Crippen LogP contribution >= 0.6 is 0 Å². The second-order valence-corrected chi connectivity index (χ2v) is 6.66. The summed E-state index contributed by atoms with van der Waals surface area (Å²) in [7, 11) is 0. The van der Waals surface area contributed by atoms with Crippen molar-refractivity contribution in [3.8, 4) is 0 Å². The van der Waals surface area contributed by atoms with Crippen molar-refractivity contribution in [2.45, 2.75) is 51.4 Å². The molecular weight excluding hydrogens is 238 g/mol. The van der Waals surface area contributed by atoms with Crippen molar-refractivity contribution in [3.05, 3.63) is 11.1 Å². The van der Waals surface area contributed by atoms with E-state index in [4.69, 9.17) is 0 Å². The zero-order valence-electron chi connectivity index (χ0n) is 11.3. The number of imide groups is 1. The fraction of sp³-hybridized carbons (Fsp3) is 0.750. The van der Waals surface area contributed by atoms with Crippen molar-refractivity contribution < 1.29 is 9.59 Å². The van der Waals surface area contributed by atoms with Crippen LogP contribution in [0, 0.1) is 23.7 Å². The Kier molecular flexibility index (Phi) is 2.58. The number of nitrogens with one attached hydrogen (secondary N) is 1. The summed E-state index contributed by atoms with van der Waals surface area (Å²) in [5.74, 6) is 0.737. The van der Waals surface area contributed by atoms with Crippen molar-refractivity contribution >= 4 is 11.8 Å². The van der Waals surface area contributed by atoms with Crippen molar-refractivity contribution in [2.24, 2.45) is 23.7 Å². The monoisotopic (exact) mass is 259 g/mol. The largest absolute Gasteiger partial charge is 0.296 e. The number of hydrogen-bond donors (Lipinski definition) is 1. The lowest BCUT2D eigenvalue weighted by Gasteiger charge is -2.44. The minimum absolute atomic E-state index is 0.0176. The maximum atomic E-state index is 12.2. The number of hydrogen-bond acceptors (Lipinski definition) is 2. The lowest BCUT2D eigenvalue weighted by Crippen LogP contribution is -2.41. The third-order valence-corrected chi connectivity index (χ3v) is 5.84. The van der Waals surface area contributed by atoms with Crippen LogP contribution in [0.15, 0.2) is 11.1 Å². The van der Waals surface area contributed by atoms with Gasteiger partial charge in [0.1, 0.15) is 0 Å². The average Bonchev–Trinajstić information content (AvgIpc) is 2.75. The van der Waals surface area contributed by atoms with E-state index in [9.17, 15) is 9.59 Å². The van der Waals surface area contributed by atoms with Crippen molar-refractivity contribution in [2.75, 3.05) is 0 Å². The van der Waals surface area contributed by atoms with Gasteiger partial charge in [-0.05, 0) is 50.4 Å². The normalized spacial score (nSPS) is 41.5. The Hall–Kier alpha value is -1.12. The molecule has 4 atom stereocenters. The van der Waals surface area contributed by atoms with E-state index in [2.05, 4.69) is 5.32 Å². The Labute approximate surface area is 113 Å². The molecule has 0 radical (unpaired) electrons. The first-order valence-corrected chi connectivity index (χ1v) is 7.84. The van der Waals surface area contributed by atoms with Crippen LogP contribution in [0.1, 0.15) is 51.4 Å². The summed E-state index contributed by atoms with van der Waals surface area (Å²) in [4.78, 5) is 24.4. The van der Waals surface area contributed by atoms with Gasteiger partial charge in [0, 0.05) is 0 Å². The van der Waals surface area contributed by atoms with Gasteiger partial charge in [0.25, 0.3) is 0 Å². The summed E-state index contributed by atoms with van der Waals surface area (Å²) in [5, 5.41) is 2.62. The Morgan fingerprint density at radius 3 is 1.68 bits per heavy atom. The molecular formula is C16H21NO2. The van der Waals surface area contributed by atoms with Gasteiger partial charge in [-0.3, -0.25) is 14.9 Å². The van der Waals surface area contributed by atoms with E-state index in [1.165, 1.54) is 38.5 Å². The fourth-order valence-corrected chi connectivity index (χ4v) is 5.15. The molecule has 1 aliphatic heterocycles.